The van der Waals surface area contributed by atoms with E-state index in [0.717, 1.165) is 36.1 Å². The van der Waals surface area contributed by atoms with E-state index in [9.17, 15) is 19.5 Å². The smallest absolute Gasteiger partial charge is 0.307 e. The molecule has 0 radical (unpaired) electrons. The first-order valence-electron chi connectivity index (χ1n) is 9.57. The van der Waals surface area contributed by atoms with Crippen molar-refractivity contribution in [3.8, 4) is 0 Å². The highest BCUT2D eigenvalue weighted by molar-refractivity contribution is 7.17. The predicted octanol–water partition coefficient (Wildman–Crippen LogP) is 2.82. The first kappa shape index (κ1) is 18.2. The summed E-state index contributed by atoms with van der Waals surface area (Å²) >= 11 is 1.43. The zero-order chi connectivity index (χ0) is 19.3. The van der Waals surface area contributed by atoms with Crippen molar-refractivity contribution >= 4 is 34.1 Å². The van der Waals surface area contributed by atoms with Gasteiger partial charge in [0.1, 0.15) is 5.00 Å². The van der Waals surface area contributed by atoms with E-state index in [1.165, 1.54) is 11.3 Å². The number of carboxylic acid groups (broad SMARTS) is 1. The van der Waals surface area contributed by atoms with E-state index in [4.69, 9.17) is 5.73 Å². The number of hydrogen-bond acceptors (Lipinski definition) is 4. The SMILES string of the molecule is CC[C@H]1CCc2c(sc(NC(=O)[C@@H]3[C@@H](C(=O)O)[C@H]4C=C[C@@H]3C4)c2C(N)=O)C1. The van der Waals surface area contributed by atoms with Crippen LogP contribution in [0.2, 0.25) is 0 Å². The summed E-state index contributed by atoms with van der Waals surface area (Å²) in [6.07, 6.45) is 8.38. The molecule has 4 rings (SSSR count). The van der Waals surface area contributed by atoms with Gasteiger partial charge in [0, 0.05) is 4.88 Å². The highest BCUT2D eigenvalue weighted by Gasteiger charge is 2.51. The average Bonchev–Trinajstić information content (AvgIpc) is 3.32. The maximum absolute atomic E-state index is 13.0. The molecule has 27 heavy (non-hydrogen) atoms. The summed E-state index contributed by atoms with van der Waals surface area (Å²) in [5, 5.41) is 12.9. The van der Waals surface area contributed by atoms with Gasteiger partial charge in [-0.1, -0.05) is 25.5 Å². The number of carbonyl (C=O) groups is 3. The Morgan fingerprint density at radius 3 is 2.59 bits per heavy atom. The van der Waals surface area contributed by atoms with Crippen molar-refractivity contribution in [1.82, 2.24) is 0 Å². The Morgan fingerprint density at radius 2 is 1.96 bits per heavy atom. The van der Waals surface area contributed by atoms with Crippen molar-refractivity contribution in [3.63, 3.8) is 0 Å². The zero-order valence-electron chi connectivity index (χ0n) is 15.2. The number of aliphatic carboxylic acids is 1. The number of carboxylic acids is 1. The number of amides is 2. The quantitative estimate of drug-likeness (QED) is 0.674. The van der Waals surface area contributed by atoms with Crippen molar-refractivity contribution in [2.24, 2.45) is 35.3 Å². The van der Waals surface area contributed by atoms with Crippen LogP contribution in [0, 0.1) is 29.6 Å². The van der Waals surface area contributed by atoms with Gasteiger partial charge in [-0.25, -0.2) is 0 Å². The number of carbonyl (C=O) groups excluding carboxylic acids is 2. The predicted molar refractivity (Wildman–Crippen MR) is 103 cm³/mol. The fourth-order valence-corrected chi connectivity index (χ4v) is 6.43. The molecule has 1 aromatic heterocycles. The van der Waals surface area contributed by atoms with Crippen molar-refractivity contribution in [3.05, 3.63) is 28.2 Å². The summed E-state index contributed by atoms with van der Waals surface area (Å²) in [5.74, 6) is -2.61. The summed E-state index contributed by atoms with van der Waals surface area (Å²) in [6, 6.07) is 0. The number of thiophene rings is 1. The lowest BCUT2D eigenvalue weighted by Crippen LogP contribution is -2.36. The Kier molecular flexibility index (Phi) is 4.58. The largest absolute Gasteiger partial charge is 0.481 e. The van der Waals surface area contributed by atoms with Crippen LogP contribution in [-0.4, -0.2) is 22.9 Å². The number of allylic oxidation sites excluding steroid dienone is 2. The van der Waals surface area contributed by atoms with Crippen LogP contribution in [-0.2, 0) is 22.4 Å². The average molecular weight is 388 g/mol. The molecule has 0 spiro atoms. The Labute approximate surface area is 161 Å². The second-order valence-electron chi connectivity index (χ2n) is 7.92. The number of fused-ring (bicyclic) bond motifs is 3. The fourth-order valence-electron chi connectivity index (χ4n) is 5.06. The minimum atomic E-state index is -0.932. The van der Waals surface area contributed by atoms with Gasteiger partial charge in [-0.2, -0.15) is 0 Å². The third kappa shape index (κ3) is 2.98. The fraction of sp³-hybridized carbons (Fsp3) is 0.550. The Bertz CT molecular complexity index is 843. The number of primary amides is 1. The molecule has 7 heteroatoms. The van der Waals surface area contributed by atoms with Gasteiger partial charge in [-0.3, -0.25) is 14.4 Å². The van der Waals surface area contributed by atoms with Gasteiger partial charge in [0.25, 0.3) is 5.91 Å². The molecule has 0 unspecified atom stereocenters. The maximum Gasteiger partial charge on any atom is 0.307 e. The molecular formula is C20H24N2O4S. The minimum Gasteiger partial charge on any atom is -0.481 e. The van der Waals surface area contributed by atoms with Gasteiger partial charge in [0.05, 0.1) is 17.4 Å². The highest BCUT2D eigenvalue weighted by Crippen LogP contribution is 2.49. The molecule has 0 saturated heterocycles. The molecule has 1 heterocycles. The first-order valence-corrected chi connectivity index (χ1v) is 10.4. The van der Waals surface area contributed by atoms with Crippen molar-refractivity contribution in [1.29, 1.82) is 0 Å². The summed E-state index contributed by atoms with van der Waals surface area (Å²) in [5.41, 5.74) is 7.01. The van der Waals surface area contributed by atoms with E-state index in [1.807, 2.05) is 12.2 Å². The standard InChI is InChI=1S/C20H24N2O4S/c1-2-9-3-6-12-13(7-9)27-19(16(12)17(21)23)22-18(24)14-10-4-5-11(8-10)15(14)20(25)26/h4-5,9-11,14-15H,2-3,6-8H2,1H3,(H2,21,23)(H,22,24)(H,25,26)/t9-,10+,11-,14-,15-/m0/s1. The van der Waals surface area contributed by atoms with Crippen LogP contribution in [0.3, 0.4) is 0 Å². The van der Waals surface area contributed by atoms with Gasteiger partial charge in [-0.15, -0.1) is 11.3 Å². The molecule has 3 aliphatic rings. The van der Waals surface area contributed by atoms with Crippen LogP contribution in [0.5, 0.6) is 0 Å². The van der Waals surface area contributed by atoms with Crippen LogP contribution >= 0.6 is 11.3 Å². The van der Waals surface area contributed by atoms with Crippen molar-refractivity contribution in [2.45, 2.75) is 39.0 Å². The molecule has 144 valence electrons. The Hall–Kier alpha value is -2.15. The van der Waals surface area contributed by atoms with E-state index in [1.54, 1.807) is 0 Å². The molecule has 3 aliphatic carbocycles. The van der Waals surface area contributed by atoms with Gasteiger partial charge < -0.3 is 16.2 Å². The second-order valence-corrected chi connectivity index (χ2v) is 9.02. The maximum atomic E-state index is 13.0. The number of rotatable bonds is 5. The topological polar surface area (TPSA) is 109 Å². The lowest BCUT2D eigenvalue weighted by Gasteiger charge is -2.23. The summed E-state index contributed by atoms with van der Waals surface area (Å²) in [7, 11) is 0. The molecule has 4 N–H and O–H groups in total. The summed E-state index contributed by atoms with van der Waals surface area (Å²) in [4.78, 5) is 37.9. The van der Waals surface area contributed by atoms with Crippen LogP contribution in [0.4, 0.5) is 5.00 Å². The number of anilines is 1. The minimum absolute atomic E-state index is 0.0489. The third-order valence-electron chi connectivity index (χ3n) is 6.47. The molecule has 2 amide bonds. The van der Waals surface area contributed by atoms with E-state index >= 15 is 0 Å². The number of nitrogens with one attached hydrogen (secondary N) is 1. The van der Waals surface area contributed by atoms with Crippen LogP contribution in [0.15, 0.2) is 12.2 Å². The lowest BCUT2D eigenvalue weighted by atomic mass is 9.82. The van der Waals surface area contributed by atoms with Crippen LogP contribution < -0.4 is 11.1 Å². The van der Waals surface area contributed by atoms with Crippen molar-refractivity contribution in [2.75, 3.05) is 5.32 Å². The summed E-state index contributed by atoms with van der Waals surface area (Å²) in [6.45, 7) is 2.16. The molecule has 5 atom stereocenters. The monoisotopic (exact) mass is 388 g/mol. The molecule has 1 fully saturated rings. The third-order valence-corrected chi connectivity index (χ3v) is 7.64. The molecule has 0 aliphatic heterocycles. The van der Waals surface area contributed by atoms with E-state index in [0.29, 0.717) is 22.9 Å². The normalized spacial score (nSPS) is 30.9. The van der Waals surface area contributed by atoms with Gasteiger partial charge in [-0.05, 0) is 49.0 Å². The summed E-state index contributed by atoms with van der Waals surface area (Å²) < 4.78 is 0. The molecule has 0 aromatic carbocycles. The van der Waals surface area contributed by atoms with Gasteiger partial charge in [0.15, 0.2) is 0 Å². The molecule has 2 bridgehead atoms. The van der Waals surface area contributed by atoms with Gasteiger partial charge >= 0.3 is 5.97 Å². The molecule has 1 saturated carbocycles. The molecule has 1 aromatic rings. The number of nitrogens with two attached hydrogens (primary N) is 1. The molecular weight excluding hydrogens is 364 g/mol. The number of hydrogen-bond donors (Lipinski definition) is 3. The van der Waals surface area contributed by atoms with E-state index < -0.39 is 23.7 Å². The second kappa shape index (κ2) is 6.78. The molecule has 6 nitrogen and oxygen atoms in total. The Balaban J connectivity index is 1.62. The van der Waals surface area contributed by atoms with Crippen LogP contribution in [0.25, 0.3) is 0 Å². The highest BCUT2D eigenvalue weighted by atomic mass is 32.1. The van der Waals surface area contributed by atoms with E-state index in [-0.39, 0.29) is 17.7 Å². The van der Waals surface area contributed by atoms with Gasteiger partial charge in [0.2, 0.25) is 5.91 Å². The van der Waals surface area contributed by atoms with Crippen molar-refractivity contribution < 1.29 is 19.5 Å². The lowest BCUT2D eigenvalue weighted by molar-refractivity contribution is -0.146. The van der Waals surface area contributed by atoms with E-state index in [2.05, 4.69) is 12.2 Å². The van der Waals surface area contributed by atoms with Crippen LogP contribution in [0.1, 0.15) is 47.0 Å². The zero-order valence-corrected chi connectivity index (χ0v) is 16.1. The first-order chi connectivity index (χ1) is 12.9. The Morgan fingerprint density at radius 1 is 1.26 bits per heavy atom.